The van der Waals surface area contributed by atoms with Gasteiger partial charge in [0.1, 0.15) is 5.60 Å². The van der Waals surface area contributed by atoms with E-state index in [0.29, 0.717) is 10.6 Å². The number of rotatable bonds is 4. The van der Waals surface area contributed by atoms with Gasteiger partial charge in [-0.2, -0.15) is 64.8 Å². The fourth-order valence-corrected chi connectivity index (χ4v) is 5.87. The third kappa shape index (κ3) is 8.60. The van der Waals surface area contributed by atoms with Gasteiger partial charge in [0, 0.05) is 4.90 Å². The van der Waals surface area contributed by atoms with Crippen LogP contribution in [0.25, 0.3) is 0 Å². The number of hydrogen-bond acceptors (Lipinski definition) is 11. The minimum absolute atomic E-state index is 0.0462. The molecule has 0 saturated heterocycles. The maximum atomic E-state index is 12.9. The number of ether oxygens (including phenoxy) is 1. The van der Waals surface area contributed by atoms with Crippen molar-refractivity contribution >= 4 is 59.6 Å². The summed E-state index contributed by atoms with van der Waals surface area (Å²) in [6.07, 6.45) is -0.762. The Morgan fingerprint density at radius 3 is 1.59 bits per heavy atom. The highest BCUT2D eigenvalue weighted by atomic mass is 32.3. The highest BCUT2D eigenvalue weighted by Gasteiger charge is 2.57. The van der Waals surface area contributed by atoms with Crippen LogP contribution >= 0.6 is 11.8 Å². The van der Waals surface area contributed by atoms with E-state index in [1.165, 1.54) is 17.0 Å². The van der Waals surface area contributed by atoms with Crippen molar-refractivity contribution in [1.29, 1.82) is 0 Å². The van der Waals surface area contributed by atoms with Crippen LogP contribution in [0.15, 0.2) is 52.3 Å². The Labute approximate surface area is 247 Å². The van der Waals surface area contributed by atoms with E-state index in [2.05, 4.69) is 4.18 Å². The third-order valence-electron chi connectivity index (χ3n) is 4.32. The highest BCUT2D eigenvalue weighted by molar-refractivity contribution is 8.00. The quantitative estimate of drug-likeness (QED) is 0.202. The number of hydrogen-bond donors (Lipinski definition) is 0. The molecule has 0 fully saturated rings. The highest BCUT2D eigenvalue weighted by Crippen LogP contribution is 2.52. The van der Waals surface area contributed by atoms with Crippen molar-refractivity contribution < 1.29 is 82.1 Å². The number of carbonyl (C=O) groups is 1. The Morgan fingerprint density at radius 2 is 1.14 bits per heavy atom. The Morgan fingerprint density at radius 1 is 0.682 bits per heavy atom. The number of benzene rings is 2. The predicted octanol–water partition coefficient (Wildman–Crippen LogP) is 6.16. The summed E-state index contributed by atoms with van der Waals surface area (Å²) in [5, 5.41) is 0. The van der Waals surface area contributed by atoms with Gasteiger partial charge in [0.15, 0.2) is 5.75 Å². The number of para-hydroxylation sites is 1. The monoisotopic (exact) mass is 729 g/mol. The molecular weight excluding hydrogens is 713 g/mol. The van der Waals surface area contributed by atoms with Crippen LogP contribution in [0.4, 0.5) is 55.7 Å². The van der Waals surface area contributed by atoms with E-state index in [1.54, 1.807) is 45.0 Å². The summed E-state index contributed by atoms with van der Waals surface area (Å²) >= 11 is 0.993. The lowest BCUT2D eigenvalue weighted by atomic mass is 10.2. The van der Waals surface area contributed by atoms with Gasteiger partial charge >= 0.3 is 53.0 Å². The zero-order valence-corrected chi connectivity index (χ0v) is 24.9. The van der Waals surface area contributed by atoms with Gasteiger partial charge in [0.2, 0.25) is 0 Å². The molecule has 3 rings (SSSR count). The fourth-order valence-electron chi connectivity index (χ4n) is 2.68. The zero-order chi connectivity index (χ0) is 34.3. The molecule has 0 N–H and O–H groups in total. The van der Waals surface area contributed by atoms with Gasteiger partial charge in [-0.05, 0) is 45.0 Å². The van der Waals surface area contributed by atoms with Gasteiger partial charge in [0.25, 0.3) is 0 Å². The molecular formula is C20H16F9NO10S4. The summed E-state index contributed by atoms with van der Waals surface area (Å²) in [5.74, 6) is -0.534. The summed E-state index contributed by atoms with van der Waals surface area (Å²) in [6, 6.07) is 10.5. The fraction of sp³-hybridized carbons (Fsp3) is 0.350. The molecule has 0 aromatic heterocycles. The number of anilines is 2. The zero-order valence-electron chi connectivity index (χ0n) is 21.6. The second-order valence-corrected chi connectivity index (χ2v) is 14.7. The average Bonchev–Trinajstić information content (AvgIpc) is 2.79. The molecule has 1 aliphatic heterocycles. The molecule has 0 spiro atoms. The number of fused-ring (bicyclic) bond motifs is 2. The Balaban J connectivity index is 0.000000382. The molecule has 11 nitrogen and oxygen atoms in total. The molecule has 0 bridgehead atoms. The smallest absolute Gasteiger partial charge is 0.443 e. The van der Waals surface area contributed by atoms with Crippen LogP contribution in [0.2, 0.25) is 0 Å². The molecule has 2 aromatic rings. The Hall–Kier alpha value is -2.96. The summed E-state index contributed by atoms with van der Waals surface area (Å²) in [6.45, 7) is 5.02. The van der Waals surface area contributed by atoms with Crippen LogP contribution in [-0.4, -0.2) is 53.5 Å². The molecule has 0 radical (unpaired) electrons. The maximum absolute atomic E-state index is 12.9. The summed E-state index contributed by atoms with van der Waals surface area (Å²) in [4.78, 5) is 14.6. The molecule has 248 valence electrons. The Kier molecular flexibility index (Phi) is 10.2. The largest absolute Gasteiger partial charge is 0.534 e. The average molecular weight is 730 g/mol. The summed E-state index contributed by atoms with van der Waals surface area (Å²) in [5.41, 5.74) is -18.3. The van der Waals surface area contributed by atoms with E-state index in [9.17, 15) is 69.6 Å². The number of carbonyl (C=O) groups excluding carboxylic acids is 1. The minimum atomic E-state index is -6.85. The van der Waals surface area contributed by atoms with E-state index in [0.717, 1.165) is 17.8 Å². The predicted molar refractivity (Wildman–Crippen MR) is 132 cm³/mol. The lowest BCUT2D eigenvalue weighted by Crippen LogP contribution is -2.35. The first kappa shape index (κ1) is 37.2. The van der Waals surface area contributed by atoms with Crippen LogP contribution < -0.4 is 9.08 Å². The summed E-state index contributed by atoms with van der Waals surface area (Å²) < 4.78 is 181. The number of alkyl halides is 9. The molecule has 24 heteroatoms. The van der Waals surface area contributed by atoms with Crippen LogP contribution in [0.5, 0.6) is 5.75 Å². The van der Waals surface area contributed by atoms with Crippen molar-refractivity contribution in [3.05, 3.63) is 42.5 Å². The lowest BCUT2D eigenvalue weighted by molar-refractivity contribution is -0.0586. The van der Waals surface area contributed by atoms with Crippen LogP contribution in [0, 0.1) is 0 Å². The molecule has 0 aliphatic carbocycles. The number of amides is 1. The van der Waals surface area contributed by atoms with Gasteiger partial charge in [-0.25, -0.2) is 9.69 Å². The molecule has 0 unspecified atom stereocenters. The van der Waals surface area contributed by atoms with Gasteiger partial charge in [0.05, 0.1) is 16.3 Å². The molecule has 44 heavy (non-hydrogen) atoms. The molecule has 2 aromatic carbocycles. The molecule has 0 saturated carbocycles. The van der Waals surface area contributed by atoms with Crippen LogP contribution in [-0.2, 0) is 38.7 Å². The standard InChI is InChI=1S/C18H16F3NO5S2.C2F6O5S2/c1-17(2,3)26-16(23)22-11-7-4-5-10-14(11)28-15-12(22)8-6-9-13(15)27-29(24,25)18(19,20)21;3-1(4,5)14(9,10)13-15(11,12)2(6,7)8/h4-10H,1-3H3;. The maximum Gasteiger partial charge on any atom is 0.534 e. The SMILES string of the molecule is CC(C)(C)OC(=O)N1c2ccccc2Sc2c(OS(=O)(=O)C(F)(F)F)cccc21.O=S(=O)(OS(=O)(=O)C(F)(F)F)C(F)(F)F. The van der Waals surface area contributed by atoms with Gasteiger partial charge < -0.3 is 8.92 Å². The van der Waals surface area contributed by atoms with Gasteiger partial charge in [-0.15, -0.1) is 3.63 Å². The molecule has 1 aliphatic rings. The van der Waals surface area contributed by atoms with Crippen molar-refractivity contribution in [2.75, 3.05) is 4.90 Å². The van der Waals surface area contributed by atoms with E-state index in [4.69, 9.17) is 4.74 Å². The normalized spacial score (nSPS) is 14.5. The topological polar surface area (TPSA) is 150 Å². The number of halogens is 9. The van der Waals surface area contributed by atoms with Crippen molar-refractivity contribution in [2.24, 2.45) is 0 Å². The van der Waals surface area contributed by atoms with Crippen molar-refractivity contribution in [3.63, 3.8) is 0 Å². The molecule has 1 heterocycles. The Bertz CT molecular complexity index is 1690. The van der Waals surface area contributed by atoms with Crippen molar-refractivity contribution in [3.8, 4) is 5.75 Å². The number of nitrogens with zero attached hydrogens (tertiary/aromatic N) is 1. The van der Waals surface area contributed by atoms with Gasteiger partial charge in [-0.3, -0.25) is 0 Å². The summed E-state index contributed by atoms with van der Waals surface area (Å²) in [7, 11) is -19.6. The minimum Gasteiger partial charge on any atom is -0.443 e. The van der Waals surface area contributed by atoms with E-state index in [-0.39, 0.29) is 10.6 Å². The van der Waals surface area contributed by atoms with Crippen LogP contribution in [0.3, 0.4) is 0 Å². The van der Waals surface area contributed by atoms with Crippen molar-refractivity contribution in [1.82, 2.24) is 0 Å². The van der Waals surface area contributed by atoms with E-state index < -0.39 is 64.3 Å². The van der Waals surface area contributed by atoms with E-state index in [1.807, 2.05) is 3.63 Å². The second kappa shape index (κ2) is 12.1. The lowest BCUT2D eigenvalue weighted by Gasteiger charge is -2.33. The van der Waals surface area contributed by atoms with E-state index >= 15 is 0 Å². The second-order valence-electron chi connectivity index (χ2n) is 8.84. The van der Waals surface area contributed by atoms with Crippen molar-refractivity contribution in [2.45, 2.75) is 52.7 Å². The first-order chi connectivity index (χ1) is 19.5. The van der Waals surface area contributed by atoms with Crippen LogP contribution in [0.1, 0.15) is 20.8 Å². The molecule has 0 atom stereocenters. The van der Waals surface area contributed by atoms with Gasteiger partial charge in [-0.1, -0.05) is 30.0 Å². The first-order valence-electron chi connectivity index (χ1n) is 10.8. The molecule has 1 amide bonds. The third-order valence-corrected chi connectivity index (χ3v) is 9.03. The first-order valence-corrected chi connectivity index (χ1v) is 15.8.